The van der Waals surface area contributed by atoms with E-state index in [1.165, 1.54) is 6.07 Å². The van der Waals surface area contributed by atoms with Crippen LogP contribution in [0.25, 0.3) is 22.3 Å². The van der Waals surface area contributed by atoms with E-state index in [4.69, 9.17) is 33.4 Å². The SMILES string of the molecule is Nc1ccc(Cl)c(-c2cc(=O)c3ccc(Cl)cc3o2)c1. The van der Waals surface area contributed by atoms with E-state index in [0.717, 1.165) is 0 Å². The van der Waals surface area contributed by atoms with Crippen LogP contribution in [0.5, 0.6) is 0 Å². The van der Waals surface area contributed by atoms with Crippen LogP contribution < -0.4 is 11.2 Å². The molecule has 3 nitrogen and oxygen atoms in total. The molecule has 3 rings (SSSR count). The van der Waals surface area contributed by atoms with Gasteiger partial charge in [0, 0.05) is 28.4 Å². The molecule has 1 heterocycles. The topological polar surface area (TPSA) is 56.2 Å². The fraction of sp³-hybridized carbons (Fsp3) is 0. The average molecular weight is 306 g/mol. The molecule has 0 bridgehead atoms. The molecule has 0 aliphatic heterocycles. The quantitative estimate of drug-likeness (QED) is 0.680. The first kappa shape index (κ1) is 13.0. The number of fused-ring (bicyclic) bond motifs is 1. The number of benzene rings is 2. The fourth-order valence-electron chi connectivity index (χ4n) is 1.99. The zero-order valence-corrected chi connectivity index (χ0v) is 11.7. The van der Waals surface area contributed by atoms with Gasteiger partial charge in [0.15, 0.2) is 5.43 Å². The molecule has 0 atom stereocenters. The molecule has 2 N–H and O–H groups in total. The van der Waals surface area contributed by atoms with Crippen molar-refractivity contribution in [1.82, 2.24) is 0 Å². The van der Waals surface area contributed by atoms with Crippen LogP contribution in [0.3, 0.4) is 0 Å². The number of hydrogen-bond donors (Lipinski definition) is 1. The van der Waals surface area contributed by atoms with E-state index in [-0.39, 0.29) is 5.43 Å². The monoisotopic (exact) mass is 305 g/mol. The van der Waals surface area contributed by atoms with Crippen LogP contribution in [0.4, 0.5) is 5.69 Å². The summed E-state index contributed by atoms with van der Waals surface area (Å²) in [4.78, 5) is 12.1. The van der Waals surface area contributed by atoms with Gasteiger partial charge in [-0.05, 0) is 30.3 Å². The predicted molar refractivity (Wildman–Crippen MR) is 82.4 cm³/mol. The van der Waals surface area contributed by atoms with Crippen molar-refractivity contribution in [3.05, 3.63) is 62.7 Å². The Labute approximate surface area is 124 Å². The molecule has 0 spiro atoms. The van der Waals surface area contributed by atoms with Gasteiger partial charge in [0.25, 0.3) is 0 Å². The molecule has 20 heavy (non-hydrogen) atoms. The molecule has 0 unspecified atom stereocenters. The zero-order chi connectivity index (χ0) is 14.3. The summed E-state index contributed by atoms with van der Waals surface area (Å²) in [5, 5.41) is 1.43. The van der Waals surface area contributed by atoms with E-state index in [1.807, 2.05) is 0 Å². The second-order valence-electron chi connectivity index (χ2n) is 4.35. The van der Waals surface area contributed by atoms with Crippen molar-refractivity contribution in [2.75, 3.05) is 5.73 Å². The maximum atomic E-state index is 12.1. The fourth-order valence-corrected chi connectivity index (χ4v) is 2.37. The molecule has 2 aromatic carbocycles. The first-order valence-electron chi connectivity index (χ1n) is 5.83. The van der Waals surface area contributed by atoms with Crippen molar-refractivity contribution in [3.63, 3.8) is 0 Å². The minimum Gasteiger partial charge on any atom is -0.456 e. The smallest absolute Gasteiger partial charge is 0.193 e. The number of hydrogen-bond acceptors (Lipinski definition) is 3. The summed E-state index contributed by atoms with van der Waals surface area (Å²) in [6, 6.07) is 11.3. The van der Waals surface area contributed by atoms with Crippen LogP contribution in [0.15, 0.2) is 51.7 Å². The molecule has 0 amide bonds. The third-order valence-electron chi connectivity index (χ3n) is 2.95. The highest BCUT2D eigenvalue weighted by molar-refractivity contribution is 6.33. The highest BCUT2D eigenvalue weighted by Crippen LogP contribution is 2.31. The normalized spacial score (nSPS) is 10.9. The van der Waals surface area contributed by atoms with Gasteiger partial charge in [0.1, 0.15) is 11.3 Å². The van der Waals surface area contributed by atoms with Crippen LogP contribution in [0.1, 0.15) is 0 Å². The lowest BCUT2D eigenvalue weighted by Gasteiger charge is -2.06. The third-order valence-corrected chi connectivity index (χ3v) is 3.51. The van der Waals surface area contributed by atoms with Gasteiger partial charge in [-0.25, -0.2) is 0 Å². The number of nitrogen functional groups attached to an aromatic ring is 1. The minimum atomic E-state index is -0.156. The van der Waals surface area contributed by atoms with Crippen LogP contribution in [0, 0.1) is 0 Å². The van der Waals surface area contributed by atoms with Crippen molar-refractivity contribution in [2.24, 2.45) is 0 Å². The molecular weight excluding hydrogens is 297 g/mol. The van der Waals surface area contributed by atoms with E-state index in [2.05, 4.69) is 0 Å². The summed E-state index contributed by atoms with van der Waals surface area (Å²) in [6.45, 7) is 0. The Morgan fingerprint density at radius 1 is 1.00 bits per heavy atom. The summed E-state index contributed by atoms with van der Waals surface area (Å²) in [5.41, 5.74) is 7.11. The first-order valence-corrected chi connectivity index (χ1v) is 6.59. The largest absolute Gasteiger partial charge is 0.456 e. The molecule has 1 aromatic heterocycles. The van der Waals surface area contributed by atoms with Crippen LogP contribution in [-0.4, -0.2) is 0 Å². The first-order chi connectivity index (χ1) is 9.54. The Kier molecular flexibility index (Phi) is 3.16. The van der Waals surface area contributed by atoms with Gasteiger partial charge in [0.05, 0.1) is 10.4 Å². The molecule has 0 fully saturated rings. The van der Waals surface area contributed by atoms with Crippen molar-refractivity contribution in [3.8, 4) is 11.3 Å². The predicted octanol–water partition coefficient (Wildman–Crippen LogP) is 4.35. The van der Waals surface area contributed by atoms with E-state index in [1.54, 1.807) is 36.4 Å². The Morgan fingerprint density at radius 3 is 2.60 bits per heavy atom. The molecule has 0 saturated carbocycles. The number of nitrogens with two attached hydrogens (primary N) is 1. The molecule has 3 aromatic rings. The van der Waals surface area contributed by atoms with Crippen LogP contribution in [0.2, 0.25) is 10.0 Å². The lowest BCUT2D eigenvalue weighted by Crippen LogP contribution is -2.00. The highest BCUT2D eigenvalue weighted by atomic mass is 35.5. The van der Waals surface area contributed by atoms with Crippen LogP contribution in [-0.2, 0) is 0 Å². The molecular formula is C15H9Cl2NO2. The molecule has 100 valence electrons. The lowest BCUT2D eigenvalue weighted by molar-refractivity contribution is 0.619. The van der Waals surface area contributed by atoms with Crippen molar-refractivity contribution >= 4 is 39.9 Å². The molecule has 0 radical (unpaired) electrons. The molecule has 0 saturated heterocycles. The molecule has 0 aliphatic carbocycles. The third kappa shape index (κ3) is 2.26. The summed E-state index contributed by atoms with van der Waals surface area (Å²) in [7, 11) is 0. The zero-order valence-electron chi connectivity index (χ0n) is 10.2. The van der Waals surface area contributed by atoms with Crippen molar-refractivity contribution in [1.29, 1.82) is 0 Å². The second kappa shape index (κ2) is 4.85. The Bertz CT molecular complexity index is 871. The van der Waals surface area contributed by atoms with Gasteiger partial charge in [-0.1, -0.05) is 23.2 Å². The summed E-state index contributed by atoms with van der Waals surface area (Å²) in [6.07, 6.45) is 0. The minimum absolute atomic E-state index is 0.156. The number of anilines is 1. The number of halogens is 2. The van der Waals surface area contributed by atoms with Gasteiger partial charge in [0.2, 0.25) is 0 Å². The molecule has 0 aliphatic rings. The average Bonchev–Trinajstić information content (AvgIpc) is 2.41. The summed E-state index contributed by atoms with van der Waals surface area (Å²) in [5.74, 6) is 0.363. The van der Waals surface area contributed by atoms with Crippen LogP contribution >= 0.6 is 23.2 Å². The van der Waals surface area contributed by atoms with E-state index >= 15 is 0 Å². The van der Waals surface area contributed by atoms with E-state index in [9.17, 15) is 4.79 Å². The maximum Gasteiger partial charge on any atom is 0.193 e. The standard InChI is InChI=1S/C15H9Cl2NO2/c16-8-1-3-10-13(19)7-15(20-14(10)5-8)11-6-9(18)2-4-12(11)17/h1-7H,18H2. The Balaban J connectivity index is 2.32. The van der Waals surface area contributed by atoms with Gasteiger partial charge in [-0.2, -0.15) is 0 Å². The highest BCUT2D eigenvalue weighted by Gasteiger charge is 2.10. The number of rotatable bonds is 1. The van der Waals surface area contributed by atoms with Gasteiger partial charge in [-0.3, -0.25) is 4.79 Å². The Hall–Kier alpha value is -1.97. The lowest BCUT2D eigenvalue weighted by atomic mass is 10.1. The van der Waals surface area contributed by atoms with Gasteiger partial charge in [-0.15, -0.1) is 0 Å². The van der Waals surface area contributed by atoms with Gasteiger partial charge >= 0.3 is 0 Å². The Morgan fingerprint density at radius 2 is 1.80 bits per heavy atom. The van der Waals surface area contributed by atoms with Crippen molar-refractivity contribution < 1.29 is 4.42 Å². The van der Waals surface area contributed by atoms with Gasteiger partial charge < -0.3 is 10.2 Å². The second-order valence-corrected chi connectivity index (χ2v) is 5.20. The van der Waals surface area contributed by atoms with E-state index < -0.39 is 0 Å². The van der Waals surface area contributed by atoms with Crippen molar-refractivity contribution in [2.45, 2.75) is 0 Å². The van der Waals surface area contributed by atoms with E-state index in [0.29, 0.717) is 38.0 Å². The summed E-state index contributed by atoms with van der Waals surface area (Å²) >= 11 is 12.0. The maximum absolute atomic E-state index is 12.1. The summed E-state index contributed by atoms with van der Waals surface area (Å²) < 4.78 is 5.72. The molecule has 5 heteroatoms.